The van der Waals surface area contributed by atoms with Crippen molar-refractivity contribution in [3.05, 3.63) is 34.7 Å². The van der Waals surface area contributed by atoms with Gasteiger partial charge in [-0.05, 0) is 18.6 Å². The fraction of sp³-hybridized carbons (Fsp3) is 0.444. The Kier molecular flexibility index (Phi) is 3.94. The van der Waals surface area contributed by atoms with Crippen LogP contribution in [0.25, 0.3) is 0 Å². The minimum atomic E-state index is 0.0699. The molecular formula is C9H13NOS. The summed E-state index contributed by atoms with van der Waals surface area (Å²) in [6.07, 6.45) is 5.88. The van der Waals surface area contributed by atoms with Crippen molar-refractivity contribution in [2.75, 3.05) is 5.75 Å². The van der Waals surface area contributed by atoms with Crippen molar-refractivity contribution in [3.63, 3.8) is 0 Å². The van der Waals surface area contributed by atoms with Crippen LogP contribution in [-0.4, -0.2) is 10.3 Å². The number of pyridine rings is 1. The van der Waals surface area contributed by atoms with Gasteiger partial charge in [-0.15, -0.1) is 0 Å². The van der Waals surface area contributed by atoms with Gasteiger partial charge in [-0.1, -0.05) is 0 Å². The molecule has 0 atom stereocenters. The smallest absolute Gasteiger partial charge is 0.181 e. The molecule has 0 saturated heterocycles. The number of hydrogen-bond donors (Lipinski definition) is 1. The van der Waals surface area contributed by atoms with Crippen LogP contribution in [0.1, 0.15) is 12.8 Å². The summed E-state index contributed by atoms with van der Waals surface area (Å²) in [6.45, 7) is 0.973. The molecule has 2 nitrogen and oxygen atoms in total. The van der Waals surface area contributed by atoms with E-state index in [9.17, 15) is 4.79 Å². The van der Waals surface area contributed by atoms with Gasteiger partial charge in [-0.25, -0.2) is 0 Å². The fourth-order valence-electron chi connectivity index (χ4n) is 0.999. The average molecular weight is 183 g/mol. The first kappa shape index (κ1) is 9.39. The largest absolute Gasteiger partial charge is 0.354 e. The topological polar surface area (TPSA) is 22.0 Å². The van der Waals surface area contributed by atoms with Crippen LogP contribution in [0.15, 0.2) is 29.3 Å². The normalized spacial score (nSPS) is 10.1. The Labute approximate surface area is 77.6 Å². The van der Waals surface area contributed by atoms with E-state index in [2.05, 4.69) is 12.6 Å². The predicted molar refractivity (Wildman–Crippen MR) is 53.8 cm³/mol. The average Bonchev–Trinajstić information content (AvgIpc) is 2.09. The summed E-state index contributed by atoms with van der Waals surface area (Å²) in [5, 5.41) is 0. The van der Waals surface area contributed by atoms with Crippen LogP contribution in [-0.2, 0) is 6.54 Å². The zero-order valence-electron chi connectivity index (χ0n) is 6.94. The number of unbranched alkanes of at least 4 members (excludes halogenated alkanes) is 1. The molecule has 66 valence electrons. The van der Waals surface area contributed by atoms with Crippen molar-refractivity contribution in [1.29, 1.82) is 0 Å². The van der Waals surface area contributed by atoms with Gasteiger partial charge in [0.2, 0.25) is 0 Å². The lowest BCUT2D eigenvalue weighted by molar-refractivity contribution is 0.631. The number of rotatable bonds is 4. The Hall–Kier alpha value is -0.700. The Morgan fingerprint density at radius 2 is 1.92 bits per heavy atom. The van der Waals surface area contributed by atoms with Crippen LogP contribution in [0.2, 0.25) is 0 Å². The minimum absolute atomic E-state index is 0.0699. The molecule has 1 aromatic rings. The van der Waals surface area contributed by atoms with E-state index in [1.165, 1.54) is 0 Å². The van der Waals surface area contributed by atoms with E-state index in [4.69, 9.17) is 0 Å². The van der Waals surface area contributed by atoms with Crippen molar-refractivity contribution in [1.82, 2.24) is 4.57 Å². The number of nitrogens with zero attached hydrogens (tertiary/aromatic N) is 1. The van der Waals surface area contributed by atoms with Gasteiger partial charge in [0.1, 0.15) is 0 Å². The van der Waals surface area contributed by atoms with Crippen LogP contribution in [0.4, 0.5) is 0 Å². The van der Waals surface area contributed by atoms with Crippen molar-refractivity contribution >= 4 is 12.6 Å². The van der Waals surface area contributed by atoms with Gasteiger partial charge in [0.05, 0.1) is 0 Å². The molecule has 0 bridgehead atoms. The first-order valence-corrected chi connectivity index (χ1v) is 4.73. The molecule has 12 heavy (non-hydrogen) atoms. The summed E-state index contributed by atoms with van der Waals surface area (Å²) >= 11 is 4.12. The number of hydrogen-bond acceptors (Lipinski definition) is 2. The fourth-order valence-corrected chi connectivity index (χ4v) is 1.22. The van der Waals surface area contributed by atoms with E-state index in [0.29, 0.717) is 0 Å². The summed E-state index contributed by atoms with van der Waals surface area (Å²) in [5.74, 6) is 0.931. The molecule has 0 amide bonds. The number of thiol groups is 1. The number of aryl methyl sites for hydroxylation is 1. The molecular weight excluding hydrogens is 170 g/mol. The molecule has 0 radical (unpaired) electrons. The summed E-state index contributed by atoms with van der Waals surface area (Å²) in [7, 11) is 0. The highest BCUT2D eigenvalue weighted by Crippen LogP contribution is 1.95. The second-order valence-electron chi connectivity index (χ2n) is 2.70. The van der Waals surface area contributed by atoms with Crippen molar-refractivity contribution in [2.24, 2.45) is 0 Å². The maximum atomic E-state index is 10.7. The first-order chi connectivity index (χ1) is 5.83. The van der Waals surface area contributed by atoms with E-state index in [1.807, 2.05) is 17.0 Å². The van der Waals surface area contributed by atoms with Gasteiger partial charge in [-0.3, -0.25) is 4.79 Å². The molecule has 0 fully saturated rings. The maximum absolute atomic E-state index is 10.7. The van der Waals surface area contributed by atoms with E-state index in [0.717, 1.165) is 25.1 Å². The Bertz CT molecular complexity index is 262. The van der Waals surface area contributed by atoms with Gasteiger partial charge in [-0.2, -0.15) is 12.6 Å². The van der Waals surface area contributed by atoms with E-state index in [1.54, 1.807) is 12.1 Å². The van der Waals surface area contributed by atoms with Gasteiger partial charge in [0.25, 0.3) is 0 Å². The molecule has 3 heteroatoms. The zero-order valence-corrected chi connectivity index (χ0v) is 7.83. The quantitative estimate of drug-likeness (QED) is 0.555. The molecule has 0 N–H and O–H groups in total. The van der Waals surface area contributed by atoms with Gasteiger partial charge in [0, 0.05) is 31.1 Å². The Morgan fingerprint density at radius 1 is 1.25 bits per heavy atom. The van der Waals surface area contributed by atoms with E-state index in [-0.39, 0.29) is 5.43 Å². The summed E-state index contributed by atoms with van der Waals surface area (Å²) < 4.78 is 2.02. The summed E-state index contributed by atoms with van der Waals surface area (Å²) in [5.41, 5.74) is 0.0699. The highest BCUT2D eigenvalue weighted by atomic mass is 32.1. The third-order valence-corrected chi connectivity index (χ3v) is 2.00. The molecule has 0 aliphatic carbocycles. The predicted octanol–water partition coefficient (Wildman–Crippen LogP) is 1.56. The SMILES string of the molecule is O=c1ccn(CCCCS)cc1. The summed E-state index contributed by atoms with van der Waals surface area (Å²) in [6, 6.07) is 3.17. The van der Waals surface area contributed by atoms with E-state index >= 15 is 0 Å². The standard InChI is InChI=1S/C9H13NOS/c11-9-3-6-10(7-4-9)5-1-2-8-12/h3-4,6-7,12H,1-2,5,8H2. The van der Waals surface area contributed by atoms with Gasteiger partial charge < -0.3 is 4.57 Å². The summed E-state index contributed by atoms with van der Waals surface area (Å²) in [4.78, 5) is 10.7. The van der Waals surface area contributed by atoms with Gasteiger partial charge >= 0.3 is 0 Å². The Morgan fingerprint density at radius 3 is 2.50 bits per heavy atom. The lowest BCUT2D eigenvalue weighted by Gasteiger charge is -2.03. The third kappa shape index (κ3) is 3.13. The minimum Gasteiger partial charge on any atom is -0.354 e. The highest BCUT2D eigenvalue weighted by molar-refractivity contribution is 7.80. The van der Waals surface area contributed by atoms with Crippen molar-refractivity contribution in [3.8, 4) is 0 Å². The molecule has 0 unspecified atom stereocenters. The highest BCUT2D eigenvalue weighted by Gasteiger charge is 1.88. The van der Waals surface area contributed by atoms with Crippen LogP contribution < -0.4 is 5.43 Å². The van der Waals surface area contributed by atoms with E-state index < -0.39 is 0 Å². The van der Waals surface area contributed by atoms with Crippen LogP contribution in [0, 0.1) is 0 Å². The number of aromatic nitrogens is 1. The first-order valence-electron chi connectivity index (χ1n) is 4.10. The van der Waals surface area contributed by atoms with Crippen LogP contribution >= 0.6 is 12.6 Å². The molecule has 0 saturated carbocycles. The molecule has 1 heterocycles. The lowest BCUT2D eigenvalue weighted by Crippen LogP contribution is -2.03. The van der Waals surface area contributed by atoms with Crippen molar-refractivity contribution in [2.45, 2.75) is 19.4 Å². The molecule has 1 aromatic heterocycles. The molecule has 0 aliphatic rings. The molecule has 0 aromatic carbocycles. The van der Waals surface area contributed by atoms with Crippen LogP contribution in [0.3, 0.4) is 0 Å². The monoisotopic (exact) mass is 183 g/mol. The van der Waals surface area contributed by atoms with Crippen molar-refractivity contribution < 1.29 is 0 Å². The van der Waals surface area contributed by atoms with Crippen LogP contribution in [0.5, 0.6) is 0 Å². The zero-order chi connectivity index (χ0) is 8.81. The Balaban J connectivity index is 2.42. The molecule has 0 spiro atoms. The maximum Gasteiger partial charge on any atom is 0.181 e. The van der Waals surface area contributed by atoms with Gasteiger partial charge in [0.15, 0.2) is 5.43 Å². The lowest BCUT2D eigenvalue weighted by atomic mass is 10.3. The second kappa shape index (κ2) is 5.04. The molecule has 1 rings (SSSR count). The molecule has 0 aliphatic heterocycles. The second-order valence-corrected chi connectivity index (χ2v) is 3.15. The third-order valence-electron chi connectivity index (χ3n) is 1.68.